The summed E-state index contributed by atoms with van der Waals surface area (Å²) in [6, 6.07) is 3.39. The van der Waals surface area contributed by atoms with Gasteiger partial charge in [-0.1, -0.05) is 0 Å². The highest BCUT2D eigenvalue weighted by Crippen LogP contribution is 2.22. The average molecular weight is 386 g/mol. The summed E-state index contributed by atoms with van der Waals surface area (Å²) in [6.07, 6.45) is -0.0485. The van der Waals surface area contributed by atoms with E-state index in [4.69, 9.17) is 10.5 Å². The van der Waals surface area contributed by atoms with Gasteiger partial charge in [0.2, 0.25) is 5.91 Å². The maximum Gasteiger partial charge on any atom is 0.225 e. The van der Waals surface area contributed by atoms with E-state index in [1.807, 2.05) is 0 Å². The number of nitrogens with zero attached hydrogens (tertiary/aromatic N) is 2. The van der Waals surface area contributed by atoms with Crippen LogP contribution in [0, 0.1) is 11.6 Å². The molecule has 2 rings (SSSR count). The summed E-state index contributed by atoms with van der Waals surface area (Å²) in [7, 11) is 1.52. The number of hydrogen-bond donors (Lipinski definition) is 1. The molecule has 0 aliphatic carbocycles. The van der Waals surface area contributed by atoms with Crippen LogP contribution in [0.4, 0.5) is 14.5 Å². The van der Waals surface area contributed by atoms with Crippen LogP contribution >= 0.6 is 24.8 Å². The molecule has 1 heterocycles. The predicted molar refractivity (Wildman–Crippen MR) is 94.1 cm³/mol. The van der Waals surface area contributed by atoms with E-state index in [9.17, 15) is 13.6 Å². The van der Waals surface area contributed by atoms with Gasteiger partial charge in [-0.3, -0.25) is 4.79 Å². The number of halogens is 4. The minimum atomic E-state index is -0.471. The zero-order valence-corrected chi connectivity index (χ0v) is 15.0. The van der Waals surface area contributed by atoms with E-state index in [0.29, 0.717) is 26.2 Å². The number of nitrogens with two attached hydrogens (primary N) is 1. The molecule has 0 bridgehead atoms. The van der Waals surface area contributed by atoms with Crippen LogP contribution in [-0.4, -0.2) is 56.7 Å². The molecule has 1 amide bonds. The fourth-order valence-corrected chi connectivity index (χ4v) is 2.51. The second-order valence-corrected chi connectivity index (χ2v) is 5.26. The highest BCUT2D eigenvalue weighted by Gasteiger charge is 2.24. The number of amides is 1. The van der Waals surface area contributed by atoms with E-state index in [1.165, 1.54) is 13.2 Å². The Balaban J connectivity index is 0.00000264. The first kappa shape index (κ1) is 22.9. The Morgan fingerprint density at radius 3 is 2.42 bits per heavy atom. The quantitative estimate of drug-likeness (QED) is 0.839. The Labute approximate surface area is 152 Å². The molecule has 1 aliphatic rings. The molecule has 0 aromatic heterocycles. The number of piperazine rings is 1. The average Bonchev–Trinajstić information content (AvgIpc) is 2.54. The summed E-state index contributed by atoms with van der Waals surface area (Å²) in [4.78, 5) is 15.6. The third-order valence-corrected chi connectivity index (χ3v) is 3.88. The minimum Gasteiger partial charge on any atom is -0.380 e. The van der Waals surface area contributed by atoms with Crippen molar-refractivity contribution in [1.82, 2.24) is 4.90 Å². The van der Waals surface area contributed by atoms with E-state index >= 15 is 0 Å². The van der Waals surface area contributed by atoms with Gasteiger partial charge in [0.25, 0.3) is 0 Å². The standard InChI is InChI=1S/C15H21F2N3O2.2ClH/c1-22-12(10-18)9-15(21)20-6-4-19(5-7-20)14-8-11(16)2-3-13(14)17;;/h2-3,8,12H,4-7,9-10,18H2,1H3;2*1H. The van der Waals surface area contributed by atoms with Gasteiger partial charge in [0.15, 0.2) is 0 Å². The van der Waals surface area contributed by atoms with Gasteiger partial charge in [-0.25, -0.2) is 8.78 Å². The Morgan fingerprint density at radius 2 is 1.88 bits per heavy atom. The van der Waals surface area contributed by atoms with Gasteiger partial charge in [0.1, 0.15) is 11.6 Å². The second kappa shape index (κ2) is 10.7. The van der Waals surface area contributed by atoms with Crippen LogP contribution in [0.2, 0.25) is 0 Å². The van der Waals surface area contributed by atoms with Crippen molar-refractivity contribution in [3.05, 3.63) is 29.8 Å². The smallest absolute Gasteiger partial charge is 0.225 e. The van der Waals surface area contributed by atoms with Crippen molar-refractivity contribution >= 4 is 36.4 Å². The van der Waals surface area contributed by atoms with Crippen LogP contribution in [0.1, 0.15) is 6.42 Å². The van der Waals surface area contributed by atoms with Crippen molar-refractivity contribution in [3.8, 4) is 0 Å². The van der Waals surface area contributed by atoms with Gasteiger partial charge >= 0.3 is 0 Å². The molecule has 1 unspecified atom stereocenters. The maximum absolute atomic E-state index is 13.8. The Bertz CT molecular complexity index is 525. The van der Waals surface area contributed by atoms with E-state index in [0.717, 1.165) is 12.1 Å². The number of ether oxygens (including phenoxy) is 1. The number of hydrogen-bond acceptors (Lipinski definition) is 4. The predicted octanol–water partition coefficient (Wildman–Crippen LogP) is 1.82. The van der Waals surface area contributed by atoms with Gasteiger partial charge in [0.05, 0.1) is 18.2 Å². The molecule has 1 atom stereocenters. The summed E-state index contributed by atoms with van der Waals surface area (Å²) in [5.74, 6) is -0.957. The first-order valence-corrected chi connectivity index (χ1v) is 7.25. The van der Waals surface area contributed by atoms with Crippen LogP contribution in [0.15, 0.2) is 18.2 Å². The lowest BCUT2D eigenvalue weighted by Gasteiger charge is -2.36. The van der Waals surface area contributed by atoms with Gasteiger partial charge < -0.3 is 20.3 Å². The SMILES string of the molecule is COC(CN)CC(=O)N1CCN(c2cc(F)ccc2F)CC1.Cl.Cl. The van der Waals surface area contributed by atoms with Crippen molar-refractivity contribution in [2.75, 3.05) is 44.7 Å². The lowest BCUT2D eigenvalue weighted by Crippen LogP contribution is -2.50. The maximum atomic E-state index is 13.8. The van der Waals surface area contributed by atoms with Crippen LogP contribution in [-0.2, 0) is 9.53 Å². The van der Waals surface area contributed by atoms with Crippen LogP contribution in [0.3, 0.4) is 0 Å². The summed E-state index contributed by atoms with van der Waals surface area (Å²) in [5, 5.41) is 0. The normalized spacial score (nSPS) is 15.3. The molecule has 0 radical (unpaired) electrons. The topological polar surface area (TPSA) is 58.8 Å². The minimum absolute atomic E-state index is 0. The summed E-state index contributed by atoms with van der Waals surface area (Å²) >= 11 is 0. The van der Waals surface area contributed by atoms with E-state index in [1.54, 1.807) is 9.80 Å². The number of anilines is 1. The molecule has 1 fully saturated rings. The van der Waals surface area contributed by atoms with Crippen molar-refractivity contribution in [2.24, 2.45) is 5.73 Å². The molecule has 1 saturated heterocycles. The van der Waals surface area contributed by atoms with Crippen molar-refractivity contribution in [1.29, 1.82) is 0 Å². The van der Waals surface area contributed by atoms with Gasteiger partial charge in [-0.15, -0.1) is 24.8 Å². The molecule has 1 aliphatic heterocycles. The number of rotatable bonds is 5. The zero-order chi connectivity index (χ0) is 16.1. The highest BCUT2D eigenvalue weighted by atomic mass is 35.5. The van der Waals surface area contributed by atoms with Crippen molar-refractivity contribution in [3.63, 3.8) is 0 Å². The Hall–Kier alpha value is -1.15. The summed E-state index contributed by atoms with van der Waals surface area (Å²) in [6.45, 7) is 2.15. The fraction of sp³-hybridized carbons (Fsp3) is 0.533. The molecular weight excluding hydrogens is 363 g/mol. The molecule has 1 aromatic carbocycles. The van der Waals surface area contributed by atoms with Gasteiger partial charge in [-0.05, 0) is 12.1 Å². The Morgan fingerprint density at radius 1 is 1.25 bits per heavy atom. The van der Waals surface area contributed by atoms with Crippen molar-refractivity contribution < 1.29 is 18.3 Å². The number of carbonyl (C=O) groups excluding carboxylic acids is 1. The molecule has 2 N–H and O–H groups in total. The lowest BCUT2D eigenvalue weighted by atomic mass is 10.2. The molecular formula is C15H23Cl2F2N3O2. The first-order chi connectivity index (χ1) is 10.5. The summed E-state index contributed by atoms with van der Waals surface area (Å²) in [5.41, 5.74) is 5.75. The van der Waals surface area contributed by atoms with Crippen LogP contribution in [0.5, 0.6) is 0 Å². The van der Waals surface area contributed by atoms with Crippen LogP contribution < -0.4 is 10.6 Å². The number of carbonyl (C=O) groups is 1. The number of benzene rings is 1. The summed E-state index contributed by atoms with van der Waals surface area (Å²) < 4.78 is 32.1. The second-order valence-electron chi connectivity index (χ2n) is 5.26. The monoisotopic (exact) mass is 385 g/mol. The van der Waals surface area contributed by atoms with E-state index < -0.39 is 11.6 Å². The third-order valence-electron chi connectivity index (χ3n) is 3.88. The number of methoxy groups -OCH3 is 1. The zero-order valence-electron chi connectivity index (χ0n) is 13.4. The lowest BCUT2D eigenvalue weighted by molar-refractivity contribution is -0.133. The largest absolute Gasteiger partial charge is 0.380 e. The molecule has 0 spiro atoms. The van der Waals surface area contributed by atoms with Gasteiger partial charge in [0, 0.05) is 45.9 Å². The van der Waals surface area contributed by atoms with Crippen LogP contribution in [0.25, 0.3) is 0 Å². The molecule has 1 aromatic rings. The first-order valence-electron chi connectivity index (χ1n) is 7.25. The third kappa shape index (κ3) is 5.73. The Kier molecular flexibility index (Phi) is 10.1. The molecule has 0 saturated carbocycles. The molecule has 24 heavy (non-hydrogen) atoms. The molecule has 9 heteroatoms. The molecule has 5 nitrogen and oxygen atoms in total. The van der Waals surface area contributed by atoms with E-state index in [-0.39, 0.29) is 55.5 Å². The van der Waals surface area contributed by atoms with Crippen molar-refractivity contribution in [2.45, 2.75) is 12.5 Å². The fourth-order valence-electron chi connectivity index (χ4n) is 2.51. The molecule has 138 valence electrons. The highest BCUT2D eigenvalue weighted by molar-refractivity contribution is 5.85. The van der Waals surface area contributed by atoms with E-state index in [2.05, 4.69) is 0 Å². The van der Waals surface area contributed by atoms with Gasteiger partial charge in [-0.2, -0.15) is 0 Å².